The lowest BCUT2D eigenvalue weighted by molar-refractivity contribution is -0.155. The first-order valence-electron chi connectivity index (χ1n) is 9.72. The molecule has 0 fully saturated rings. The van der Waals surface area contributed by atoms with Crippen LogP contribution in [0, 0.1) is 12.3 Å². The summed E-state index contributed by atoms with van der Waals surface area (Å²) >= 11 is 0. The van der Waals surface area contributed by atoms with Crippen LogP contribution >= 0.6 is 0 Å². The smallest absolute Gasteiger partial charge is 0.311 e. The summed E-state index contributed by atoms with van der Waals surface area (Å²) in [5.41, 5.74) is 4.83. The minimum absolute atomic E-state index is 0.0764. The number of benzene rings is 2. The number of fused-ring (bicyclic) bond motifs is 1. The van der Waals surface area contributed by atoms with Gasteiger partial charge in [0.2, 0.25) is 0 Å². The van der Waals surface area contributed by atoms with Gasteiger partial charge in [0.25, 0.3) is 0 Å². The van der Waals surface area contributed by atoms with Crippen LogP contribution in [0.15, 0.2) is 48.5 Å². The molecular weight excluding hydrogens is 320 g/mol. The van der Waals surface area contributed by atoms with Crippen molar-refractivity contribution in [2.45, 2.75) is 58.8 Å². The van der Waals surface area contributed by atoms with Gasteiger partial charge in [0.1, 0.15) is 0 Å². The van der Waals surface area contributed by atoms with Gasteiger partial charge in [0.05, 0.1) is 12.0 Å². The molecule has 0 spiro atoms. The molecule has 0 radical (unpaired) electrons. The van der Waals surface area contributed by atoms with E-state index < -0.39 is 5.41 Å². The van der Waals surface area contributed by atoms with Crippen LogP contribution < -0.4 is 0 Å². The fraction of sp³-hybridized carbons (Fsp3) is 0.458. The molecule has 0 N–H and O–H groups in total. The van der Waals surface area contributed by atoms with Gasteiger partial charge in [0, 0.05) is 5.92 Å². The molecule has 0 aliphatic heterocycles. The zero-order chi connectivity index (χ0) is 18.7. The number of esters is 1. The fourth-order valence-corrected chi connectivity index (χ4v) is 3.92. The number of ether oxygens (including phenoxy) is 1. The Labute approximate surface area is 157 Å². The van der Waals surface area contributed by atoms with Crippen molar-refractivity contribution in [1.29, 1.82) is 0 Å². The standard InChI is InChI=1S/C24H30O2/c1-5-18(19-12-10-17(2)11-13-19)15-24(3,4)23(25)26-16-21-14-20-8-6-7-9-22(20)21/h6-13,18,21H,5,14-16H2,1-4H3. The topological polar surface area (TPSA) is 26.3 Å². The fourth-order valence-electron chi connectivity index (χ4n) is 3.92. The van der Waals surface area contributed by atoms with Gasteiger partial charge in [-0.15, -0.1) is 0 Å². The molecule has 0 amide bonds. The predicted octanol–water partition coefficient (Wildman–Crippen LogP) is 5.79. The van der Waals surface area contributed by atoms with Crippen molar-refractivity contribution in [2.24, 2.45) is 5.41 Å². The Bertz CT molecular complexity index is 758. The van der Waals surface area contributed by atoms with Gasteiger partial charge in [-0.05, 0) is 62.6 Å². The average molecular weight is 351 g/mol. The Balaban J connectivity index is 1.58. The van der Waals surface area contributed by atoms with E-state index in [0.717, 1.165) is 19.3 Å². The third-order valence-electron chi connectivity index (χ3n) is 5.73. The van der Waals surface area contributed by atoms with Crippen molar-refractivity contribution in [1.82, 2.24) is 0 Å². The number of aryl methyl sites for hydroxylation is 1. The number of hydrogen-bond acceptors (Lipinski definition) is 2. The first-order valence-corrected chi connectivity index (χ1v) is 9.72. The minimum atomic E-state index is -0.477. The zero-order valence-electron chi connectivity index (χ0n) is 16.4. The molecule has 2 atom stereocenters. The summed E-state index contributed by atoms with van der Waals surface area (Å²) < 4.78 is 5.73. The van der Waals surface area contributed by atoms with E-state index in [1.807, 2.05) is 13.8 Å². The Morgan fingerprint density at radius 1 is 1.15 bits per heavy atom. The van der Waals surface area contributed by atoms with Crippen LogP contribution in [0.25, 0.3) is 0 Å². The molecule has 0 bridgehead atoms. The van der Waals surface area contributed by atoms with E-state index in [-0.39, 0.29) is 5.97 Å². The highest BCUT2D eigenvalue weighted by atomic mass is 16.5. The van der Waals surface area contributed by atoms with Crippen LogP contribution in [0.5, 0.6) is 0 Å². The highest BCUT2D eigenvalue weighted by Crippen LogP contribution is 2.37. The minimum Gasteiger partial charge on any atom is -0.465 e. The van der Waals surface area contributed by atoms with Gasteiger partial charge in [-0.2, -0.15) is 0 Å². The number of carbonyl (C=O) groups is 1. The lowest BCUT2D eigenvalue weighted by Gasteiger charge is -2.32. The first-order chi connectivity index (χ1) is 12.4. The van der Waals surface area contributed by atoms with Crippen molar-refractivity contribution in [2.75, 3.05) is 6.61 Å². The van der Waals surface area contributed by atoms with Gasteiger partial charge in [0.15, 0.2) is 0 Å². The number of rotatable bonds is 7. The SMILES string of the molecule is CCC(CC(C)(C)C(=O)OCC1Cc2ccccc21)c1ccc(C)cc1. The van der Waals surface area contributed by atoms with E-state index in [1.54, 1.807) is 0 Å². The molecule has 2 heteroatoms. The second-order valence-corrected chi connectivity index (χ2v) is 8.30. The second-order valence-electron chi connectivity index (χ2n) is 8.30. The Morgan fingerprint density at radius 3 is 2.50 bits per heavy atom. The summed E-state index contributed by atoms with van der Waals surface area (Å²) in [6.07, 6.45) is 2.85. The summed E-state index contributed by atoms with van der Waals surface area (Å²) in [6.45, 7) is 8.82. The van der Waals surface area contributed by atoms with Gasteiger partial charge < -0.3 is 4.74 Å². The Morgan fingerprint density at radius 2 is 1.85 bits per heavy atom. The van der Waals surface area contributed by atoms with Crippen molar-refractivity contribution in [3.8, 4) is 0 Å². The van der Waals surface area contributed by atoms with Crippen molar-refractivity contribution in [3.63, 3.8) is 0 Å². The molecule has 2 aromatic carbocycles. The number of carbonyl (C=O) groups excluding carboxylic acids is 1. The van der Waals surface area contributed by atoms with Crippen molar-refractivity contribution < 1.29 is 9.53 Å². The van der Waals surface area contributed by atoms with Crippen LogP contribution in [0.1, 0.15) is 67.7 Å². The normalized spacial score (nSPS) is 17.2. The number of hydrogen-bond donors (Lipinski definition) is 0. The van der Waals surface area contributed by atoms with Gasteiger partial charge in [-0.3, -0.25) is 4.79 Å². The molecule has 2 aromatic rings. The Kier molecular flexibility index (Phi) is 5.50. The van der Waals surface area contributed by atoms with Gasteiger partial charge >= 0.3 is 5.97 Å². The molecule has 0 saturated carbocycles. The maximum Gasteiger partial charge on any atom is 0.311 e. The average Bonchev–Trinajstić information content (AvgIpc) is 2.61. The summed E-state index contributed by atoms with van der Waals surface area (Å²) in [5.74, 6) is 0.667. The van der Waals surface area contributed by atoms with E-state index in [2.05, 4.69) is 62.4 Å². The maximum absolute atomic E-state index is 12.7. The van der Waals surface area contributed by atoms with Gasteiger partial charge in [-0.1, -0.05) is 61.0 Å². The van der Waals surface area contributed by atoms with E-state index in [4.69, 9.17) is 4.74 Å². The molecule has 2 nitrogen and oxygen atoms in total. The lowest BCUT2D eigenvalue weighted by atomic mass is 9.77. The van der Waals surface area contributed by atoms with Crippen LogP contribution in [-0.4, -0.2) is 12.6 Å². The monoisotopic (exact) mass is 350 g/mol. The van der Waals surface area contributed by atoms with Gasteiger partial charge in [-0.25, -0.2) is 0 Å². The second kappa shape index (κ2) is 7.65. The van der Waals surface area contributed by atoms with E-state index >= 15 is 0 Å². The quantitative estimate of drug-likeness (QED) is 0.591. The maximum atomic E-state index is 12.7. The molecule has 0 saturated heterocycles. The summed E-state index contributed by atoms with van der Waals surface area (Å²) in [7, 11) is 0. The highest BCUT2D eigenvalue weighted by Gasteiger charge is 2.34. The van der Waals surface area contributed by atoms with E-state index in [9.17, 15) is 4.79 Å². The molecule has 138 valence electrons. The highest BCUT2D eigenvalue weighted by molar-refractivity contribution is 5.76. The zero-order valence-corrected chi connectivity index (χ0v) is 16.4. The first kappa shape index (κ1) is 18.7. The van der Waals surface area contributed by atoms with Crippen molar-refractivity contribution >= 4 is 5.97 Å². The Hall–Kier alpha value is -2.09. The van der Waals surface area contributed by atoms with Crippen LogP contribution in [0.4, 0.5) is 0 Å². The third-order valence-corrected chi connectivity index (χ3v) is 5.73. The molecule has 0 heterocycles. The van der Waals surface area contributed by atoms with E-state index in [0.29, 0.717) is 18.4 Å². The van der Waals surface area contributed by atoms with E-state index in [1.165, 1.54) is 22.3 Å². The molecule has 26 heavy (non-hydrogen) atoms. The summed E-state index contributed by atoms with van der Waals surface area (Å²) in [6, 6.07) is 17.1. The summed E-state index contributed by atoms with van der Waals surface area (Å²) in [4.78, 5) is 12.7. The lowest BCUT2D eigenvalue weighted by Crippen LogP contribution is -2.31. The molecular formula is C24H30O2. The predicted molar refractivity (Wildman–Crippen MR) is 106 cm³/mol. The molecule has 0 aromatic heterocycles. The molecule has 2 unspecified atom stereocenters. The van der Waals surface area contributed by atoms with Crippen molar-refractivity contribution in [3.05, 3.63) is 70.8 Å². The molecule has 1 aliphatic carbocycles. The van der Waals surface area contributed by atoms with Crippen LogP contribution in [0.3, 0.4) is 0 Å². The summed E-state index contributed by atoms with van der Waals surface area (Å²) in [5, 5.41) is 0. The van der Waals surface area contributed by atoms with Crippen LogP contribution in [-0.2, 0) is 16.0 Å². The molecule has 3 rings (SSSR count). The largest absolute Gasteiger partial charge is 0.465 e. The molecule has 1 aliphatic rings. The van der Waals surface area contributed by atoms with Crippen LogP contribution in [0.2, 0.25) is 0 Å². The third kappa shape index (κ3) is 4.00.